The molecule has 0 radical (unpaired) electrons. The molecule has 0 spiro atoms. The fourth-order valence-electron chi connectivity index (χ4n) is 2.85. The monoisotopic (exact) mass is 198 g/mol. The number of esters is 1. The topological polar surface area (TPSA) is 63.6 Å². The molecule has 4 heteroatoms. The first-order valence-electron chi connectivity index (χ1n) is 4.91. The van der Waals surface area contributed by atoms with E-state index in [2.05, 4.69) is 4.74 Å². The molecule has 14 heavy (non-hydrogen) atoms. The number of aliphatic hydroxyl groups excluding tert-OH is 1. The predicted octanol–water partition coefficient (Wildman–Crippen LogP) is 0.135. The van der Waals surface area contributed by atoms with E-state index in [1.165, 1.54) is 7.11 Å². The van der Waals surface area contributed by atoms with Gasteiger partial charge in [-0.3, -0.25) is 9.59 Å². The first-order chi connectivity index (χ1) is 6.63. The molecule has 78 valence electrons. The summed E-state index contributed by atoms with van der Waals surface area (Å²) in [7, 11) is 1.32. The third kappa shape index (κ3) is 1.34. The molecule has 2 aliphatic carbocycles. The van der Waals surface area contributed by atoms with Crippen molar-refractivity contribution in [2.24, 2.45) is 17.8 Å². The van der Waals surface area contributed by atoms with Crippen LogP contribution in [0.5, 0.6) is 0 Å². The lowest BCUT2D eigenvalue weighted by Crippen LogP contribution is -2.29. The van der Waals surface area contributed by atoms with E-state index in [4.69, 9.17) is 0 Å². The fraction of sp³-hybridized carbons (Fsp3) is 0.800. The average molecular weight is 198 g/mol. The van der Waals surface area contributed by atoms with Gasteiger partial charge in [-0.05, 0) is 18.3 Å². The fourth-order valence-corrected chi connectivity index (χ4v) is 2.85. The molecule has 4 nitrogen and oxygen atoms in total. The summed E-state index contributed by atoms with van der Waals surface area (Å²) in [5, 5.41) is 9.67. The van der Waals surface area contributed by atoms with Gasteiger partial charge in [-0.25, -0.2) is 0 Å². The lowest BCUT2D eigenvalue weighted by atomic mass is 9.91. The Hall–Kier alpha value is -0.900. The zero-order valence-corrected chi connectivity index (χ0v) is 8.10. The van der Waals surface area contributed by atoms with Crippen LogP contribution in [0, 0.1) is 17.8 Å². The molecule has 0 amide bonds. The Bertz CT molecular complexity index is 273. The second kappa shape index (κ2) is 3.35. The highest BCUT2D eigenvalue weighted by Crippen LogP contribution is 2.46. The van der Waals surface area contributed by atoms with Crippen LogP contribution in [0.3, 0.4) is 0 Å². The van der Waals surface area contributed by atoms with E-state index in [0.29, 0.717) is 19.3 Å². The van der Waals surface area contributed by atoms with E-state index in [-0.39, 0.29) is 23.6 Å². The number of aliphatic hydroxyl groups is 1. The molecule has 0 saturated heterocycles. The second-order valence-corrected chi connectivity index (χ2v) is 4.22. The van der Waals surface area contributed by atoms with E-state index in [9.17, 15) is 14.7 Å². The van der Waals surface area contributed by atoms with Crippen LogP contribution in [0.4, 0.5) is 0 Å². The molecule has 0 aromatic carbocycles. The van der Waals surface area contributed by atoms with Gasteiger partial charge in [0.15, 0.2) is 0 Å². The van der Waals surface area contributed by atoms with Gasteiger partial charge in [-0.15, -0.1) is 0 Å². The van der Waals surface area contributed by atoms with Crippen LogP contribution < -0.4 is 0 Å². The summed E-state index contributed by atoms with van der Waals surface area (Å²) in [6.45, 7) is 0. The number of fused-ring (bicyclic) bond motifs is 1. The van der Waals surface area contributed by atoms with E-state index < -0.39 is 12.0 Å². The van der Waals surface area contributed by atoms with Crippen molar-refractivity contribution < 1.29 is 19.4 Å². The number of ether oxygens (including phenoxy) is 1. The molecule has 0 aliphatic heterocycles. The Labute approximate surface area is 82.2 Å². The van der Waals surface area contributed by atoms with Crippen LogP contribution in [-0.4, -0.2) is 30.1 Å². The van der Waals surface area contributed by atoms with Gasteiger partial charge in [0.25, 0.3) is 0 Å². The van der Waals surface area contributed by atoms with E-state index in [1.807, 2.05) is 0 Å². The Morgan fingerprint density at radius 3 is 2.86 bits per heavy atom. The summed E-state index contributed by atoms with van der Waals surface area (Å²) in [4.78, 5) is 22.6. The van der Waals surface area contributed by atoms with Gasteiger partial charge >= 0.3 is 5.97 Å². The van der Waals surface area contributed by atoms with Gasteiger partial charge in [-0.1, -0.05) is 0 Å². The molecule has 0 bridgehead atoms. The standard InChI is InChI=1S/C10H14O4/c1-14-10(13)9-7-4-6(11)2-5(7)3-8(9)12/h5,7-9,12H,2-4H2,1H3/t5-,7-,8+,9+/m0/s1. The normalized spacial score (nSPS) is 41.1. The molecule has 0 heterocycles. The number of hydrogen-bond donors (Lipinski definition) is 1. The highest BCUT2D eigenvalue weighted by Gasteiger charge is 2.51. The average Bonchev–Trinajstić information content (AvgIpc) is 2.58. The predicted molar refractivity (Wildman–Crippen MR) is 47.4 cm³/mol. The number of hydrogen-bond acceptors (Lipinski definition) is 4. The van der Waals surface area contributed by atoms with Crippen molar-refractivity contribution in [2.75, 3.05) is 7.11 Å². The van der Waals surface area contributed by atoms with Gasteiger partial charge in [0.1, 0.15) is 5.78 Å². The largest absolute Gasteiger partial charge is 0.469 e. The van der Waals surface area contributed by atoms with Crippen molar-refractivity contribution in [3.05, 3.63) is 0 Å². The highest BCUT2D eigenvalue weighted by molar-refractivity contribution is 5.84. The SMILES string of the molecule is COC(=O)[C@@H]1[C@H]2CC(=O)C[C@H]2C[C@H]1O. The van der Waals surface area contributed by atoms with Crippen LogP contribution in [0.15, 0.2) is 0 Å². The molecule has 0 unspecified atom stereocenters. The first kappa shape index (κ1) is 9.65. The number of carbonyl (C=O) groups is 2. The molecule has 1 N–H and O–H groups in total. The van der Waals surface area contributed by atoms with E-state index in [0.717, 1.165) is 0 Å². The molecule has 0 aromatic rings. The number of ketones is 1. The van der Waals surface area contributed by atoms with Gasteiger partial charge in [-0.2, -0.15) is 0 Å². The molecule has 2 aliphatic rings. The Kier molecular flexibility index (Phi) is 2.31. The quantitative estimate of drug-likeness (QED) is 0.608. The Balaban J connectivity index is 2.16. The maximum absolute atomic E-state index is 11.4. The lowest BCUT2D eigenvalue weighted by molar-refractivity contribution is -0.150. The van der Waals surface area contributed by atoms with E-state index in [1.54, 1.807) is 0 Å². The molecule has 2 saturated carbocycles. The zero-order chi connectivity index (χ0) is 10.3. The number of carbonyl (C=O) groups excluding carboxylic acids is 2. The molecular formula is C10H14O4. The zero-order valence-electron chi connectivity index (χ0n) is 8.10. The summed E-state index contributed by atoms with van der Waals surface area (Å²) in [6.07, 6.45) is 0.901. The maximum atomic E-state index is 11.4. The minimum Gasteiger partial charge on any atom is -0.469 e. The van der Waals surface area contributed by atoms with Crippen LogP contribution in [0.25, 0.3) is 0 Å². The van der Waals surface area contributed by atoms with Crippen LogP contribution in [0.2, 0.25) is 0 Å². The van der Waals surface area contributed by atoms with Crippen molar-refractivity contribution >= 4 is 11.8 Å². The van der Waals surface area contributed by atoms with Crippen LogP contribution in [-0.2, 0) is 14.3 Å². The smallest absolute Gasteiger partial charge is 0.311 e. The summed E-state index contributed by atoms with van der Waals surface area (Å²) in [5.74, 6) is -0.427. The minimum absolute atomic E-state index is 0.0185. The van der Waals surface area contributed by atoms with Crippen LogP contribution in [0.1, 0.15) is 19.3 Å². The van der Waals surface area contributed by atoms with Crippen molar-refractivity contribution in [3.63, 3.8) is 0 Å². The Morgan fingerprint density at radius 1 is 1.50 bits per heavy atom. The minimum atomic E-state index is -0.620. The Morgan fingerprint density at radius 2 is 2.21 bits per heavy atom. The number of rotatable bonds is 1. The number of methoxy groups -OCH3 is 1. The van der Waals surface area contributed by atoms with E-state index >= 15 is 0 Å². The molecular weight excluding hydrogens is 184 g/mol. The second-order valence-electron chi connectivity index (χ2n) is 4.22. The van der Waals surface area contributed by atoms with Gasteiger partial charge in [0, 0.05) is 12.8 Å². The van der Waals surface area contributed by atoms with Crippen molar-refractivity contribution in [2.45, 2.75) is 25.4 Å². The first-order valence-corrected chi connectivity index (χ1v) is 4.91. The highest BCUT2D eigenvalue weighted by atomic mass is 16.5. The summed E-state index contributed by atoms with van der Waals surface area (Å²) in [6, 6.07) is 0. The third-order valence-corrected chi connectivity index (χ3v) is 3.45. The molecule has 4 atom stereocenters. The van der Waals surface area contributed by atoms with Crippen LogP contribution >= 0.6 is 0 Å². The van der Waals surface area contributed by atoms with Gasteiger partial charge in [0.2, 0.25) is 0 Å². The van der Waals surface area contributed by atoms with Gasteiger partial charge < -0.3 is 9.84 Å². The maximum Gasteiger partial charge on any atom is 0.311 e. The van der Waals surface area contributed by atoms with Crippen molar-refractivity contribution in [1.29, 1.82) is 0 Å². The molecule has 2 fully saturated rings. The summed E-state index contributed by atoms with van der Waals surface area (Å²) >= 11 is 0. The van der Waals surface area contributed by atoms with Crippen molar-refractivity contribution in [3.8, 4) is 0 Å². The van der Waals surface area contributed by atoms with Gasteiger partial charge in [0.05, 0.1) is 19.1 Å². The molecule has 0 aromatic heterocycles. The lowest BCUT2D eigenvalue weighted by Gasteiger charge is -2.17. The third-order valence-electron chi connectivity index (χ3n) is 3.45. The summed E-state index contributed by atoms with van der Waals surface area (Å²) in [5.41, 5.74) is 0. The summed E-state index contributed by atoms with van der Waals surface area (Å²) < 4.78 is 4.64. The molecule has 2 rings (SSSR count). The van der Waals surface area contributed by atoms with Crippen molar-refractivity contribution in [1.82, 2.24) is 0 Å². The number of Topliss-reactive ketones (excluding diaryl/α,β-unsaturated/α-hetero) is 1.